The molecule has 1 amide bonds. The Kier molecular flexibility index (Phi) is 6.27. The van der Waals surface area contributed by atoms with Crippen molar-refractivity contribution in [3.8, 4) is 11.6 Å². The molecule has 32 heavy (non-hydrogen) atoms. The Morgan fingerprint density at radius 2 is 1.47 bits per heavy atom. The van der Waals surface area contributed by atoms with Gasteiger partial charge in [0.05, 0.1) is 5.92 Å². The van der Waals surface area contributed by atoms with Gasteiger partial charge in [-0.2, -0.15) is 4.98 Å². The average Bonchev–Trinajstić information content (AvgIpc) is 2.82. The zero-order valence-corrected chi connectivity index (χ0v) is 17.5. The molecule has 1 heterocycles. The van der Waals surface area contributed by atoms with E-state index < -0.39 is 5.92 Å². The van der Waals surface area contributed by atoms with Crippen molar-refractivity contribution in [1.29, 1.82) is 0 Å². The van der Waals surface area contributed by atoms with Crippen molar-refractivity contribution in [1.82, 2.24) is 15.4 Å². The number of aryl methyl sites for hydroxylation is 1. The summed E-state index contributed by atoms with van der Waals surface area (Å²) in [5.74, 6) is 0.292. The van der Waals surface area contributed by atoms with Gasteiger partial charge in [-0.15, -0.1) is 0 Å². The number of nitrogens with zero attached hydrogens (tertiary/aromatic N) is 2. The smallest absolute Gasteiger partial charge is 0.250 e. The lowest BCUT2D eigenvalue weighted by atomic mass is 9.91. The third-order valence-electron chi connectivity index (χ3n) is 4.91. The molecule has 0 aliphatic rings. The van der Waals surface area contributed by atoms with Gasteiger partial charge in [0.15, 0.2) is 5.82 Å². The molecule has 0 aliphatic carbocycles. The Hall–Kier alpha value is -4.39. The Bertz CT molecular complexity index is 1140. The molecule has 4 aromatic rings. The van der Waals surface area contributed by atoms with Gasteiger partial charge in [-0.05, 0) is 30.2 Å². The van der Waals surface area contributed by atoms with Crippen molar-refractivity contribution < 1.29 is 9.53 Å². The number of rotatable bonds is 7. The first-order valence-electron chi connectivity index (χ1n) is 10.1. The van der Waals surface area contributed by atoms with Crippen LogP contribution >= 0.6 is 0 Å². The lowest BCUT2D eigenvalue weighted by Gasteiger charge is -2.19. The second-order valence-electron chi connectivity index (χ2n) is 7.22. The van der Waals surface area contributed by atoms with Crippen molar-refractivity contribution in [3.63, 3.8) is 0 Å². The molecule has 0 unspecified atom stereocenters. The topological polar surface area (TPSA) is 102 Å². The highest BCUT2D eigenvalue weighted by Gasteiger charge is 2.23. The maximum atomic E-state index is 13.1. The molecule has 160 valence electrons. The first-order valence-corrected chi connectivity index (χ1v) is 10.1. The summed E-state index contributed by atoms with van der Waals surface area (Å²) in [6.45, 7) is 1.99. The van der Waals surface area contributed by atoms with Crippen LogP contribution in [0.1, 0.15) is 22.6 Å². The van der Waals surface area contributed by atoms with Crippen molar-refractivity contribution in [3.05, 3.63) is 108 Å². The summed E-state index contributed by atoms with van der Waals surface area (Å²) in [5, 5.41) is 0. The summed E-state index contributed by atoms with van der Waals surface area (Å²) in [6, 6.07) is 26.7. The third-order valence-corrected chi connectivity index (χ3v) is 4.91. The maximum Gasteiger partial charge on any atom is 0.250 e. The van der Waals surface area contributed by atoms with E-state index in [1.54, 1.807) is 0 Å². The summed E-state index contributed by atoms with van der Waals surface area (Å²) >= 11 is 0. The lowest BCUT2D eigenvalue weighted by Crippen LogP contribution is -2.35. The van der Waals surface area contributed by atoms with Gasteiger partial charge < -0.3 is 10.5 Å². The van der Waals surface area contributed by atoms with Gasteiger partial charge >= 0.3 is 0 Å². The second kappa shape index (κ2) is 9.61. The highest BCUT2D eigenvalue weighted by atomic mass is 16.5. The van der Waals surface area contributed by atoms with E-state index in [1.165, 1.54) is 6.33 Å². The van der Waals surface area contributed by atoms with Crippen LogP contribution in [0.3, 0.4) is 0 Å². The van der Waals surface area contributed by atoms with Crippen LogP contribution in [0.2, 0.25) is 0 Å². The van der Waals surface area contributed by atoms with E-state index in [2.05, 4.69) is 20.8 Å². The van der Waals surface area contributed by atoms with Gasteiger partial charge in [0.1, 0.15) is 17.8 Å². The number of amides is 1. The summed E-state index contributed by atoms with van der Waals surface area (Å²) in [5.41, 5.74) is 14.8. The summed E-state index contributed by atoms with van der Waals surface area (Å²) in [6.07, 6.45) is 1.32. The second-order valence-corrected chi connectivity index (χ2v) is 7.22. The van der Waals surface area contributed by atoms with Gasteiger partial charge in [0.25, 0.3) is 0 Å². The van der Waals surface area contributed by atoms with Gasteiger partial charge in [0, 0.05) is 0 Å². The van der Waals surface area contributed by atoms with Gasteiger partial charge in [-0.3, -0.25) is 15.6 Å². The number of nitrogens with one attached hydrogen (secondary N) is 2. The molecular formula is C25H23N5O2. The van der Waals surface area contributed by atoms with E-state index in [-0.39, 0.29) is 23.3 Å². The lowest BCUT2D eigenvalue weighted by molar-refractivity contribution is -0.121. The molecule has 0 bridgehead atoms. The molecule has 0 saturated carbocycles. The molecule has 0 atom stereocenters. The molecule has 7 nitrogen and oxygen atoms in total. The first-order chi connectivity index (χ1) is 15.6. The highest BCUT2D eigenvalue weighted by molar-refractivity contribution is 5.88. The number of aromatic nitrogens is 2. The molecule has 0 spiro atoms. The molecule has 0 radical (unpaired) electrons. The molecule has 7 heteroatoms. The van der Waals surface area contributed by atoms with E-state index >= 15 is 0 Å². The quantitative estimate of drug-likeness (QED) is 0.379. The van der Waals surface area contributed by atoms with Crippen LogP contribution in [0, 0.1) is 6.92 Å². The monoisotopic (exact) mass is 425 g/mol. The third kappa shape index (κ3) is 4.84. The Morgan fingerprint density at radius 1 is 0.875 bits per heavy atom. The van der Waals surface area contributed by atoms with Crippen LogP contribution in [0.4, 0.5) is 11.5 Å². The van der Waals surface area contributed by atoms with Gasteiger partial charge in [-0.25, -0.2) is 4.98 Å². The molecule has 3 aromatic carbocycles. The predicted molar refractivity (Wildman–Crippen MR) is 124 cm³/mol. The number of benzene rings is 3. The number of hydrazine groups is 1. The maximum absolute atomic E-state index is 13.1. The van der Waals surface area contributed by atoms with Crippen LogP contribution in [0.25, 0.3) is 0 Å². The van der Waals surface area contributed by atoms with Crippen molar-refractivity contribution in [2.24, 2.45) is 0 Å². The minimum atomic E-state index is -0.503. The zero-order chi connectivity index (χ0) is 22.3. The van der Waals surface area contributed by atoms with Gasteiger partial charge in [0.2, 0.25) is 11.8 Å². The molecule has 4 N–H and O–H groups in total. The Morgan fingerprint density at radius 3 is 2.06 bits per heavy atom. The fraction of sp³-hybridized carbons (Fsp3) is 0.0800. The number of hydrogen-bond donors (Lipinski definition) is 3. The highest BCUT2D eigenvalue weighted by Crippen LogP contribution is 2.29. The number of carbonyl (C=O) groups is 1. The Balaban J connectivity index is 1.52. The number of anilines is 2. The van der Waals surface area contributed by atoms with Crippen molar-refractivity contribution >= 4 is 17.4 Å². The molecule has 4 rings (SSSR count). The van der Waals surface area contributed by atoms with E-state index in [0.717, 1.165) is 16.7 Å². The van der Waals surface area contributed by atoms with Crippen molar-refractivity contribution in [2.75, 3.05) is 11.2 Å². The molecule has 0 fully saturated rings. The summed E-state index contributed by atoms with van der Waals surface area (Å²) < 4.78 is 5.77. The SMILES string of the molecule is Cc1ccc(Oc2ncnc(NNC(=O)C(c3ccccc3)c3ccccc3)c2N)cc1. The average molecular weight is 425 g/mol. The van der Waals surface area contributed by atoms with Crippen molar-refractivity contribution in [2.45, 2.75) is 12.8 Å². The fourth-order valence-corrected chi connectivity index (χ4v) is 3.26. The zero-order valence-electron chi connectivity index (χ0n) is 17.5. The van der Waals surface area contributed by atoms with E-state index in [9.17, 15) is 4.79 Å². The normalized spacial score (nSPS) is 10.6. The molecule has 0 aliphatic heterocycles. The number of carbonyl (C=O) groups excluding carboxylic acids is 1. The van der Waals surface area contributed by atoms with E-state index in [1.807, 2.05) is 91.9 Å². The number of nitrogen functional groups attached to an aromatic ring is 1. The molecule has 0 saturated heterocycles. The van der Waals surface area contributed by atoms with Crippen LogP contribution in [0.5, 0.6) is 11.6 Å². The molecule has 1 aromatic heterocycles. The van der Waals surface area contributed by atoms with Crippen LogP contribution in [-0.2, 0) is 4.79 Å². The minimum absolute atomic E-state index is 0.185. The predicted octanol–water partition coefficient (Wildman–Crippen LogP) is 4.43. The largest absolute Gasteiger partial charge is 0.437 e. The summed E-state index contributed by atoms with van der Waals surface area (Å²) in [4.78, 5) is 21.4. The van der Waals surface area contributed by atoms with E-state index in [4.69, 9.17) is 10.5 Å². The number of ether oxygens (including phenoxy) is 1. The summed E-state index contributed by atoms with van der Waals surface area (Å²) in [7, 11) is 0. The van der Waals surface area contributed by atoms with E-state index in [0.29, 0.717) is 5.75 Å². The number of nitrogens with two attached hydrogens (primary N) is 1. The fourth-order valence-electron chi connectivity index (χ4n) is 3.26. The van der Waals surface area contributed by atoms with Gasteiger partial charge in [-0.1, -0.05) is 78.4 Å². The standard InChI is InChI=1S/C25H23N5O2/c1-17-12-14-20(15-13-17)32-25-22(26)23(27-16-28-25)29-30-24(31)21(18-8-4-2-5-9-18)19-10-6-3-7-11-19/h2-16,21H,26H2,1H3,(H,30,31)(H,27,28,29). The van der Waals surface area contributed by atoms with Crippen LogP contribution < -0.4 is 21.3 Å². The first kappa shape index (κ1) is 20.9. The van der Waals surface area contributed by atoms with Crippen LogP contribution in [0.15, 0.2) is 91.3 Å². The Labute approximate surface area is 186 Å². The minimum Gasteiger partial charge on any atom is -0.437 e. The molecular weight excluding hydrogens is 402 g/mol. The number of hydrogen-bond acceptors (Lipinski definition) is 6. The van der Waals surface area contributed by atoms with Crippen LogP contribution in [-0.4, -0.2) is 15.9 Å².